The molecule has 1 amide bonds. The number of nitrogens with one attached hydrogen (secondary N) is 1. The van der Waals surface area contributed by atoms with E-state index in [0.717, 1.165) is 12.1 Å². The highest BCUT2D eigenvalue weighted by Crippen LogP contribution is 2.10. The molecule has 0 bridgehead atoms. The van der Waals surface area contributed by atoms with Crippen molar-refractivity contribution in [1.82, 2.24) is 5.32 Å². The van der Waals surface area contributed by atoms with E-state index in [1.165, 1.54) is 30.3 Å². The molecule has 22 heavy (non-hydrogen) atoms. The molecular formula is C16H13F2NO3. The smallest absolute Gasteiger partial charge is 0.326 e. The predicted molar refractivity (Wildman–Crippen MR) is 75.4 cm³/mol. The van der Waals surface area contributed by atoms with Gasteiger partial charge in [-0.1, -0.05) is 18.2 Å². The van der Waals surface area contributed by atoms with Gasteiger partial charge in [-0.25, -0.2) is 13.6 Å². The van der Waals surface area contributed by atoms with Gasteiger partial charge in [-0.05, 0) is 35.9 Å². The van der Waals surface area contributed by atoms with Gasteiger partial charge in [-0.3, -0.25) is 4.79 Å². The lowest BCUT2D eigenvalue weighted by atomic mass is 10.0. The van der Waals surface area contributed by atoms with Gasteiger partial charge in [0.05, 0.1) is 0 Å². The number of carboxylic acids is 1. The van der Waals surface area contributed by atoms with Crippen molar-refractivity contribution >= 4 is 11.9 Å². The molecule has 0 saturated carbocycles. The molecule has 0 unspecified atom stereocenters. The topological polar surface area (TPSA) is 66.4 Å². The van der Waals surface area contributed by atoms with Crippen LogP contribution in [-0.4, -0.2) is 23.0 Å². The first-order valence-corrected chi connectivity index (χ1v) is 6.50. The van der Waals surface area contributed by atoms with Crippen LogP contribution < -0.4 is 5.32 Å². The molecule has 2 aromatic rings. The first-order chi connectivity index (χ1) is 10.5. The van der Waals surface area contributed by atoms with Crippen LogP contribution in [0.15, 0.2) is 48.5 Å². The Bertz CT molecular complexity index is 686. The Morgan fingerprint density at radius 2 is 1.68 bits per heavy atom. The standard InChI is InChI=1S/C16H13F2NO3/c17-12-7-5-10(6-8-12)15(20)19-14(16(21)22)9-11-3-1-2-4-13(11)18/h1-8,14H,9H2,(H,19,20)(H,21,22)/t14-/m0/s1. The Labute approximate surface area is 125 Å². The number of halogens is 2. The van der Waals surface area contributed by atoms with Gasteiger partial charge in [0, 0.05) is 12.0 Å². The lowest BCUT2D eigenvalue weighted by molar-refractivity contribution is -0.139. The van der Waals surface area contributed by atoms with Crippen molar-refractivity contribution in [3.63, 3.8) is 0 Å². The lowest BCUT2D eigenvalue weighted by Crippen LogP contribution is -2.42. The van der Waals surface area contributed by atoms with Gasteiger partial charge in [0.2, 0.25) is 0 Å². The van der Waals surface area contributed by atoms with E-state index in [9.17, 15) is 18.4 Å². The van der Waals surface area contributed by atoms with Crippen molar-refractivity contribution in [2.75, 3.05) is 0 Å². The molecule has 0 radical (unpaired) electrons. The van der Waals surface area contributed by atoms with E-state index in [1.54, 1.807) is 6.07 Å². The molecular weight excluding hydrogens is 292 g/mol. The molecule has 1 atom stereocenters. The van der Waals surface area contributed by atoms with Crippen molar-refractivity contribution in [2.24, 2.45) is 0 Å². The minimum atomic E-state index is -1.28. The maximum Gasteiger partial charge on any atom is 0.326 e. The van der Waals surface area contributed by atoms with Crippen LogP contribution in [0.2, 0.25) is 0 Å². The van der Waals surface area contributed by atoms with E-state index in [4.69, 9.17) is 5.11 Å². The molecule has 0 fully saturated rings. The SMILES string of the molecule is O=C(N[C@@H](Cc1ccccc1F)C(=O)O)c1ccc(F)cc1. The second kappa shape index (κ2) is 6.80. The van der Waals surface area contributed by atoms with Gasteiger partial charge in [-0.15, -0.1) is 0 Å². The molecule has 0 saturated heterocycles. The lowest BCUT2D eigenvalue weighted by Gasteiger charge is -2.15. The normalized spacial score (nSPS) is 11.7. The summed E-state index contributed by atoms with van der Waals surface area (Å²) < 4.78 is 26.4. The van der Waals surface area contributed by atoms with Crippen molar-refractivity contribution in [3.8, 4) is 0 Å². The molecule has 0 heterocycles. The summed E-state index contributed by atoms with van der Waals surface area (Å²) in [5, 5.41) is 11.5. The summed E-state index contributed by atoms with van der Waals surface area (Å²) in [6.45, 7) is 0. The molecule has 0 aliphatic carbocycles. The Hall–Kier alpha value is -2.76. The van der Waals surface area contributed by atoms with Crippen LogP contribution in [0.5, 0.6) is 0 Å². The van der Waals surface area contributed by atoms with Gasteiger partial charge in [-0.2, -0.15) is 0 Å². The van der Waals surface area contributed by atoms with E-state index >= 15 is 0 Å². The molecule has 2 rings (SSSR count). The number of rotatable bonds is 5. The van der Waals surface area contributed by atoms with E-state index < -0.39 is 29.6 Å². The third-order valence-electron chi connectivity index (χ3n) is 3.09. The highest BCUT2D eigenvalue weighted by molar-refractivity contribution is 5.96. The number of carbonyl (C=O) groups is 2. The summed E-state index contributed by atoms with van der Waals surface area (Å²) in [7, 11) is 0. The van der Waals surface area contributed by atoms with Gasteiger partial charge < -0.3 is 10.4 Å². The zero-order valence-electron chi connectivity index (χ0n) is 11.4. The molecule has 0 aromatic heterocycles. The molecule has 2 N–H and O–H groups in total. The average Bonchev–Trinajstić information content (AvgIpc) is 2.49. The molecule has 6 heteroatoms. The Morgan fingerprint density at radius 3 is 2.27 bits per heavy atom. The highest BCUT2D eigenvalue weighted by Gasteiger charge is 2.22. The highest BCUT2D eigenvalue weighted by atomic mass is 19.1. The number of aliphatic carboxylic acids is 1. The fraction of sp³-hybridized carbons (Fsp3) is 0.125. The second-order valence-electron chi connectivity index (χ2n) is 4.67. The number of hydrogen-bond donors (Lipinski definition) is 2. The third-order valence-corrected chi connectivity index (χ3v) is 3.09. The summed E-state index contributed by atoms with van der Waals surface area (Å²) in [5.74, 6) is -2.98. The van der Waals surface area contributed by atoms with Crippen molar-refractivity contribution in [1.29, 1.82) is 0 Å². The number of benzene rings is 2. The van der Waals surface area contributed by atoms with Crippen LogP contribution >= 0.6 is 0 Å². The van der Waals surface area contributed by atoms with Gasteiger partial charge in [0.25, 0.3) is 5.91 Å². The maximum absolute atomic E-state index is 13.6. The summed E-state index contributed by atoms with van der Waals surface area (Å²) in [4.78, 5) is 23.2. The van der Waals surface area contributed by atoms with Gasteiger partial charge in [0.15, 0.2) is 0 Å². The summed E-state index contributed by atoms with van der Waals surface area (Å²) in [6, 6.07) is 9.15. The molecule has 2 aromatic carbocycles. The Kier molecular flexibility index (Phi) is 4.83. The molecule has 0 aliphatic rings. The van der Waals surface area contributed by atoms with E-state index in [1.807, 2.05) is 0 Å². The Balaban J connectivity index is 2.12. The fourth-order valence-corrected chi connectivity index (χ4v) is 1.93. The van der Waals surface area contributed by atoms with Gasteiger partial charge >= 0.3 is 5.97 Å². The van der Waals surface area contributed by atoms with Crippen LogP contribution in [0, 0.1) is 11.6 Å². The van der Waals surface area contributed by atoms with E-state index in [2.05, 4.69) is 5.32 Å². The molecule has 114 valence electrons. The minimum absolute atomic E-state index is 0.126. The number of amides is 1. The van der Waals surface area contributed by atoms with E-state index in [-0.39, 0.29) is 17.5 Å². The number of hydrogen-bond acceptors (Lipinski definition) is 2. The zero-order chi connectivity index (χ0) is 16.1. The molecule has 0 aliphatic heterocycles. The second-order valence-corrected chi connectivity index (χ2v) is 4.67. The Morgan fingerprint density at radius 1 is 1.05 bits per heavy atom. The number of carbonyl (C=O) groups excluding carboxylic acids is 1. The molecule has 4 nitrogen and oxygen atoms in total. The fourth-order valence-electron chi connectivity index (χ4n) is 1.93. The van der Waals surface area contributed by atoms with Crippen LogP contribution in [0.4, 0.5) is 8.78 Å². The number of carboxylic acid groups (broad SMARTS) is 1. The summed E-state index contributed by atoms with van der Waals surface area (Å²) >= 11 is 0. The van der Waals surface area contributed by atoms with Crippen LogP contribution in [-0.2, 0) is 11.2 Å². The van der Waals surface area contributed by atoms with Crippen LogP contribution in [0.25, 0.3) is 0 Å². The van der Waals surface area contributed by atoms with Crippen LogP contribution in [0.3, 0.4) is 0 Å². The average molecular weight is 305 g/mol. The maximum atomic E-state index is 13.6. The first kappa shape index (κ1) is 15.6. The third kappa shape index (κ3) is 3.88. The van der Waals surface area contributed by atoms with Crippen LogP contribution in [0.1, 0.15) is 15.9 Å². The quantitative estimate of drug-likeness (QED) is 0.891. The minimum Gasteiger partial charge on any atom is -0.480 e. The van der Waals surface area contributed by atoms with Crippen molar-refractivity contribution < 1.29 is 23.5 Å². The summed E-state index contributed by atoms with van der Waals surface area (Å²) in [5.41, 5.74) is 0.315. The van der Waals surface area contributed by atoms with Crippen molar-refractivity contribution in [3.05, 3.63) is 71.3 Å². The summed E-state index contributed by atoms with van der Waals surface area (Å²) in [6.07, 6.45) is -0.186. The molecule has 0 spiro atoms. The largest absolute Gasteiger partial charge is 0.480 e. The van der Waals surface area contributed by atoms with E-state index in [0.29, 0.717) is 0 Å². The predicted octanol–water partition coefficient (Wildman–Crippen LogP) is 2.39. The zero-order valence-corrected chi connectivity index (χ0v) is 11.4. The van der Waals surface area contributed by atoms with Gasteiger partial charge in [0.1, 0.15) is 17.7 Å². The first-order valence-electron chi connectivity index (χ1n) is 6.50. The van der Waals surface area contributed by atoms with Crippen molar-refractivity contribution in [2.45, 2.75) is 12.5 Å². The monoisotopic (exact) mass is 305 g/mol.